The van der Waals surface area contributed by atoms with E-state index in [0.29, 0.717) is 18.3 Å². The number of thiophene rings is 1. The van der Waals surface area contributed by atoms with Gasteiger partial charge in [-0.2, -0.15) is 9.78 Å². The lowest BCUT2D eigenvalue weighted by molar-refractivity contribution is -0.117. The van der Waals surface area contributed by atoms with Crippen LogP contribution in [0.3, 0.4) is 0 Å². The molecule has 3 aromatic heterocycles. The summed E-state index contributed by atoms with van der Waals surface area (Å²) in [7, 11) is 1.92. The highest BCUT2D eigenvalue weighted by Gasteiger charge is 2.15. The Hall–Kier alpha value is -2.10. The van der Waals surface area contributed by atoms with Crippen LogP contribution in [0.5, 0.6) is 0 Å². The first-order valence-electron chi connectivity index (χ1n) is 8.41. The number of halogens is 1. The van der Waals surface area contributed by atoms with E-state index in [2.05, 4.69) is 42.4 Å². The van der Waals surface area contributed by atoms with E-state index in [4.69, 9.17) is 0 Å². The highest BCUT2D eigenvalue weighted by molar-refractivity contribution is 9.10. The Labute approximate surface area is 170 Å². The molecule has 0 saturated heterocycles. The van der Waals surface area contributed by atoms with Crippen molar-refractivity contribution in [2.75, 3.05) is 18.9 Å². The molecule has 1 N–H and O–H groups in total. The number of nitrogens with zero attached hydrogens (tertiary/aromatic N) is 5. The minimum absolute atomic E-state index is 0.112. The van der Waals surface area contributed by atoms with Gasteiger partial charge in [0.2, 0.25) is 5.91 Å². The molecule has 0 aliphatic heterocycles. The molecule has 27 heavy (non-hydrogen) atoms. The fourth-order valence-corrected chi connectivity index (χ4v) is 4.26. The second kappa shape index (κ2) is 8.28. The number of hydrogen-bond acceptors (Lipinski definition) is 6. The topological polar surface area (TPSA) is 75.9 Å². The summed E-state index contributed by atoms with van der Waals surface area (Å²) < 4.78 is 2.64. The highest BCUT2D eigenvalue weighted by atomic mass is 79.9. The molecule has 0 fully saturated rings. The summed E-state index contributed by atoms with van der Waals surface area (Å²) in [4.78, 5) is 24.5. The molecule has 1 amide bonds. The van der Waals surface area contributed by atoms with Crippen LogP contribution in [0.2, 0.25) is 0 Å². The number of hydrogen-bond donors (Lipinski definition) is 1. The van der Waals surface area contributed by atoms with Crippen LogP contribution in [0.1, 0.15) is 22.0 Å². The molecule has 0 radical (unpaired) electrons. The second-order valence-corrected chi connectivity index (χ2v) is 8.40. The van der Waals surface area contributed by atoms with Crippen LogP contribution < -0.4 is 5.32 Å². The third-order valence-electron chi connectivity index (χ3n) is 3.72. The van der Waals surface area contributed by atoms with Crippen LogP contribution in [0.4, 0.5) is 5.82 Å². The molecule has 3 heterocycles. The molecular weight excluding hydrogens is 428 g/mol. The van der Waals surface area contributed by atoms with E-state index in [1.807, 2.05) is 50.2 Å². The van der Waals surface area contributed by atoms with Gasteiger partial charge in [-0.1, -0.05) is 0 Å². The van der Waals surface area contributed by atoms with Crippen molar-refractivity contribution in [3.63, 3.8) is 0 Å². The third kappa shape index (κ3) is 5.21. The summed E-state index contributed by atoms with van der Waals surface area (Å²) in [6.07, 6.45) is 0. The summed E-state index contributed by atoms with van der Waals surface area (Å²) in [5, 5.41) is 9.39. The van der Waals surface area contributed by atoms with Crippen molar-refractivity contribution in [3.8, 4) is 5.95 Å². The molecule has 0 saturated carbocycles. The first-order chi connectivity index (χ1) is 12.8. The molecule has 0 aliphatic carbocycles. The summed E-state index contributed by atoms with van der Waals surface area (Å²) in [6, 6.07) is 5.78. The van der Waals surface area contributed by atoms with Gasteiger partial charge < -0.3 is 5.32 Å². The fourth-order valence-electron chi connectivity index (χ4n) is 2.73. The van der Waals surface area contributed by atoms with Gasteiger partial charge in [0.25, 0.3) is 5.95 Å². The second-order valence-electron chi connectivity index (χ2n) is 6.49. The van der Waals surface area contributed by atoms with E-state index in [1.54, 1.807) is 16.0 Å². The molecule has 142 valence electrons. The van der Waals surface area contributed by atoms with Crippen LogP contribution in [-0.4, -0.2) is 44.1 Å². The predicted octanol–water partition coefficient (Wildman–Crippen LogP) is 3.48. The van der Waals surface area contributed by atoms with Crippen LogP contribution in [0.15, 0.2) is 28.1 Å². The van der Waals surface area contributed by atoms with E-state index in [1.165, 1.54) is 4.88 Å². The summed E-state index contributed by atoms with van der Waals surface area (Å²) in [6.45, 7) is 6.67. The molecule has 3 rings (SSSR count). The van der Waals surface area contributed by atoms with Gasteiger partial charge in [-0.05, 0) is 55.9 Å². The van der Waals surface area contributed by atoms with Crippen molar-refractivity contribution in [3.05, 3.63) is 50.0 Å². The normalized spacial score (nSPS) is 11.2. The van der Waals surface area contributed by atoms with Gasteiger partial charge in [0.1, 0.15) is 5.82 Å². The number of rotatable bonds is 6. The molecule has 7 nitrogen and oxygen atoms in total. The van der Waals surface area contributed by atoms with Crippen LogP contribution in [0.25, 0.3) is 5.95 Å². The van der Waals surface area contributed by atoms with Crippen LogP contribution in [-0.2, 0) is 11.3 Å². The number of carbonyl (C=O) groups is 1. The lowest BCUT2D eigenvalue weighted by atomic mass is 10.4. The Morgan fingerprint density at radius 1 is 1.19 bits per heavy atom. The van der Waals surface area contributed by atoms with Crippen molar-refractivity contribution < 1.29 is 4.79 Å². The van der Waals surface area contributed by atoms with E-state index < -0.39 is 0 Å². The van der Waals surface area contributed by atoms with Crippen molar-refractivity contribution >= 4 is 39.0 Å². The molecule has 0 aliphatic rings. The minimum Gasteiger partial charge on any atom is -0.309 e. The van der Waals surface area contributed by atoms with Gasteiger partial charge in [0.15, 0.2) is 0 Å². The molecule has 0 spiro atoms. The first-order valence-corrected chi connectivity index (χ1v) is 10.1. The zero-order valence-corrected chi connectivity index (χ0v) is 18.1. The van der Waals surface area contributed by atoms with E-state index in [9.17, 15) is 4.79 Å². The van der Waals surface area contributed by atoms with E-state index in [0.717, 1.165) is 21.6 Å². The number of aromatic nitrogens is 4. The molecule has 9 heteroatoms. The average Bonchev–Trinajstić information content (AvgIpc) is 3.11. The zero-order chi connectivity index (χ0) is 19.6. The quantitative estimate of drug-likeness (QED) is 0.624. The lowest BCUT2D eigenvalue weighted by Crippen LogP contribution is -2.30. The molecular formula is C18H21BrN6OS. The van der Waals surface area contributed by atoms with Gasteiger partial charge in [0, 0.05) is 38.7 Å². The van der Waals surface area contributed by atoms with Gasteiger partial charge in [-0.3, -0.25) is 9.69 Å². The average molecular weight is 449 g/mol. The number of aryl methyl sites for hydroxylation is 3. The predicted molar refractivity (Wildman–Crippen MR) is 110 cm³/mol. The maximum atomic E-state index is 12.5. The molecule has 0 unspecified atom stereocenters. The molecule has 3 aromatic rings. The third-order valence-corrected chi connectivity index (χ3v) is 5.40. The van der Waals surface area contributed by atoms with Crippen molar-refractivity contribution in [1.82, 2.24) is 24.6 Å². The molecule has 0 aromatic carbocycles. The number of carbonyl (C=O) groups excluding carboxylic acids is 1. The largest absolute Gasteiger partial charge is 0.309 e. The number of nitrogens with one attached hydrogen (secondary N) is 1. The van der Waals surface area contributed by atoms with Gasteiger partial charge in [-0.25, -0.2) is 9.97 Å². The van der Waals surface area contributed by atoms with Crippen molar-refractivity contribution in [2.24, 2.45) is 0 Å². The fraction of sp³-hybridized carbons (Fsp3) is 0.333. The lowest BCUT2D eigenvalue weighted by Gasteiger charge is -2.15. The maximum Gasteiger partial charge on any atom is 0.252 e. The summed E-state index contributed by atoms with van der Waals surface area (Å²) >= 11 is 5.11. The van der Waals surface area contributed by atoms with Crippen LogP contribution >= 0.6 is 27.3 Å². The zero-order valence-electron chi connectivity index (χ0n) is 15.7. The first kappa shape index (κ1) is 19.7. The number of anilines is 1. The van der Waals surface area contributed by atoms with Gasteiger partial charge in [0.05, 0.1) is 12.2 Å². The Kier molecular flexibility index (Phi) is 6.03. The van der Waals surface area contributed by atoms with Crippen molar-refractivity contribution in [1.29, 1.82) is 0 Å². The SMILES string of the molecule is Cc1cc(C)nc(-n2nc(C)cc2NC(=O)CN(C)Cc2cc(Br)cs2)n1. The minimum atomic E-state index is -0.112. The Balaban J connectivity index is 1.71. The summed E-state index contributed by atoms with van der Waals surface area (Å²) in [5.41, 5.74) is 2.49. The van der Waals surface area contributed by atoms with E-state index in [-0.39, 0.29) is 12.5 Å². The molecule has 0 atom stereocenters. The van der Waals surface area contributed by atoms with E-state index >= 15 is 0 Å². The Morgan fingerprint density at radius 2 is 1.89 bits per heavy atom. The number of amides is 1. The standard InChI is InChI=1S/C18H21BrN6OS/c1-11-5-12(2)21-18(20-11)25-16(6-13(3)23-25)22-17(26)9-24(4)8-15-7-14(19)10-27-15/h5-7,10H,8-9H2,1-4H3,(H,22,26). The molecule has 0 bridgehead atoms. The Morgan fingerprint density at radius 3 is 2.52 bits per heavy atom. The number of likely N-dealkylation sites (N-methyl/N-ethyl adjacent to an activating group) is 1. The van der Waals surface area contributed by atoms with Gasteiger partial charge in [-0.15, -0.1) is 11.3 Å². The summed E-state index contributed by atoms with van der Waals surface area (Å²) in [5.74, 6) is 0.904. The van der Waals surface area contributed by atoms with Crippen LogP contribution in [0, 0.1) is 20.8 Å². The maximum absolute atomic E-state index is 12.5. The monoisotopic (exact) mass is 448 g/mol. The highest BCUT2D eigenvalue weighted by Crippen LogP contribution is 2.21. The van der Waals surface area contributed by atoms with Gasteiger partial charge >= 0.3 is 0 Å². The smallest absolute Gasteiger partial charge is 0.252 e. The Bertz CT molecular complexity index is 946. The van der Waals surface area contributed by atoms with Crippen molar-refractivity contribution in [2.45, 2.75) is 27.3 Å².